The fourth-order valence-electron chi connectivity index (χ4n) is 1.77. The van der Waals surface area contributed by atoms with Gasteiger partial charge in [-0.1, -0.05) is 0 Å². The number of aromatic amines is 1. The normalized spacial score (nSPS) is 14.8. The highest BCUT2D eigenvalue weighted by Crippen LogP contribution is 2.17. The molecule has 82 valence electrons. The number of hydrogen-bond donors (Lipinski definition) is 1. The van der Waals surface area contributed by atoms with Gasteiger partial charge >= 0.3 is 0 Å². The number of nitrogens with one attached hydrogen (secondary N) is 1. The minimum Gasteiger partial charge on any atom is -0.461 e. The van der Waals surface area contributed by atoms with Crippen LogP contribution < -0.4 is 5.56 Å². The molecule has 0 aromatic carbocycles. The van der Waals surface area contributed by atoms with Gasteiger partial charge in [-0.2, -0.15) is 0 Å². The highest BCUT2D eigenvalue weighted by molar-refractivity contribution is 5.46. The largest absolute Gasteiger partial charge is 0.461 e. The Labute approximate surface area is 91.1 Å². The van der Waals surface area contributed by atoms with E-state index < -0.39 is 0 Å². The van der Waals surface area contributed by atoms with Gasteiger partial charge in [0.1, 0.15) is 0 Å². The van der Waals surface area contributed by atoms with Gasteiger partial charge in [0.2, 0.25) is 0 Å². The Morgan fingerprint density at radius 1 is 1.44 bits per heavy atom. The average molecular weight is 218 g/mol. The third kappa shape index (κ3) is 1.45. The maximum absolute atomic E-state index is 11.8. The topological polar surface area (TPSA) is 68.1 Å². The number of H-pyrrole nitrogens is 1. The second-order valence-corrected chi connectivity index (χ2v) is 3.62. The lowest BCUT2D eigenvalue weighted by atomic mass is 10.1. The van der Waals surface area contributed by atoms with Crippen LogP contribution in [0.15, 0.2) is 27.6 Å². The zero-order valence-corrected chi connectivity index (χ0v) is 8.53. The van der Waals surface area contributed by atoms with Crippen molar-refractivity contribution in [1.29, 1.82) is 0 Å². The molecule has 0 unspecified atom stereocenters. The van der Waals surface area contributed by atoms with Crippen LogP contribution in [0.1, 0.15) is 11.3 Å². The first kappa shape index (κ1) is 9.35. The zero-order chi connectivity index (χ0) is 11.0. The van der Waals surface area contributed by atoms with Crippen molar-refractivity contribution in [2.75, 3.05) is 6.61 Å². The second kappa shape index (κ2) is 3.61. The smallest absolute Gasteiger partial charge is 0.257 e. The molecule has 0 radical (unpaired) electrons. The Morgan fingerprint density at radius 2 is 2.38 bits per heavy atom. The molecule has 3 rings (SSSR count). The molecule has 5 nitrogen and oxygen atoms in total. The number of nitrogens with zero attached hydrogens (tertiary/aromatic N) is 1. The highest BCUT2D eigenvalue weighted by atomic mass is 16.5. The van der Waals surface area contributed by atoms with Crippen molar-refractivity contribution < 1.29 is 9.15 Å². The van der Waals surface area contributed by atoms with Gasteiger partial charge in [-0.25, -0.2) is 4.98 Å². The summed E-state index contributed by atoms with van der Waals surface area (Å²) in [5.41, 5.74) is 1.29. The molecule has 0 aliphatic carbocycles. The van der Waals surface area contributed by atoms with Crippen molar-refractivity contribution in [1.82, 2.24) is 9.97 Å². The highest BCUT2D eigenvalue weighted by Gasteiger charge is 2.17. The van der Waals surface area contributed by atoms with E-state index in [2.05, 4.69) is 9.97 Å². The molecule has 0 atom stereocenters. The van der Waals surface area contributed by atoms with Gasteiger partial charge in [-0.3, -0.25) is 4.79 Å². The quantitative estimate of drug-likeness (QED) is 0.778. The van der Waals surface area contributed by atoms with Gasteiger partial charge in [-0.05, 0) is 12.1 Å². The molecule has 0 amide bonds. The maximum atomic E-state index is 11.8. The Morgan fingerprint density at radius 3 is 3.19 bits per heavy atom. The fraction of sp³-hybridized carbons (Fsp3) is 0.273. The Hall–Kier alpha value is -1.88. The van der Waals surface area contributed by atoms with Crippen LogP contribution in [0.4, 0.5) is 0 Å². The molecule has 1 aliphatic rings. The van der Waals surface area contributed by atoms with E-state index in [1.807, 2.05) is 0 Å². The van der Waals surface area contributed by atoms with Crippen LogP contribution in [-0.2, 0) is 17.8 Å². The van der Waals surface area contributed by atoms with Crippen molar-refractivity contribution in [2.24, 2.45) is 0 Å². The fourth-order valence-corrected chi connectivity index (χ4v) is 1.77. The number of furan rings is 1. The van der Waals surface area contributed by atoms with Gasteiger partial charge < -0.3 is 14.1 Å². The van der Waals surface area contributed by atoms with Crippen LogP contribution >= 0.6 is 0 Å². The lowest BCUT2D eigenvalue weighted by Gasteiger charge is -2.14. The monoisotopic (exact) mass is 218 g/mol. The second-order valence-electron chi connectivity index (χ2n) is 3.62. The summed E-state index contributed by atoms with van der Waals surface area (Å²) in [4.78, 5) is 18.8. The molecular formula is C11H10N2O3. The summed E-state index contributed by atoms with van der Waals surface area (Å²) in [5, 5.41) is 0. The van der Waals surface area contributed by atoms with Gasteiger partial charge in [0.25, 0.3) is 5.56 Å². The van der Waals surface area contributed by atoms with E-state index in [1.54, 1.807) is 18.4 Å². The van der Waals surface area contributed by atoms with Crippen molar-refractivity contribution in [3.63, 3.8) is 0 Å². The SMILES string of the molecule is O=c1[nH]c(-c2ccco2)nc2c1COCC2. The van der Waals surface area contributed by atoms with Crippen LogP contribution in [-0.4, -0.2) is 16.6 Å². The summed E-state index contributed by atoms with van der Waals surface area (Å²) >= 11 is 0. The van der Waals surface area contributed by atoms with E-state index in [9.17, 15) is 4.79 Å². The summed E-state index contributed by atoms with van der Waals surface area (Å²) in [6, 6.07) is 3.53. The van der Waals surface area contributed by atoms with Crippen LogP contribution in [0.5, 0.6) is 0 Å². The van der Waals surface area contributed by atoms with E-state index in [1.165, 1.54) is 0 Å². The third-order valence-corrected chi connectivity index (χ3v) is 2.59. The average Bonchev–Trinajstić information content (AvgIpc) is 2.82. The molecular weight excluding hydrogens is 208 g/mol. The first-order valence-corrected chi connectivity index (χ1v) is 5.08. The van der Waals surface area contributed by atoms with E-state index in [-0.39, 0.29) is 5.56 Å². The van der Waals surface area contributed by atoms with Crippen molar-refractivity contribution in [2.45, 2.75) is 13.0 Å². The molecule has 0 saturated carbocycles. The number of aromatic nitrogens is 2. The summed E-state index contributed by atoms with van der Waals surface area (Å²) in [6.07, 6.45) is 2.23. The van der Waals surface area contributed by atoms with E-state index in [4.69, 9.17) is 9.15 Å². The summed E-state index contributed by atoms with van der Waals surface area (Å²) in [7, 11) is 0. The number of rotatable bonds is 1. The lowest BCUT2D eigenvalue weighted by Crippen LogP contribution is -2.24. The molecule has 2 aromatic rings. The van der Waals surface area contributed by atoms with Gasteiger partial charge in [0.05, 0.1) is 30.7 Å². The van der Waals surface area contributed by atoms with Gasteiger partial charge in [0.15, 0.2) is 11.6 Å². The predicted octanol–water partition coefficient (Wildman–Crippen LogP) is 1.10. The molecule has 2 aromatic heterocycles. The van der Waals surface area contributed by atoms with Crippen molar-refractivity contribution in [3.05, 3.63) is 40.0 Å². The third-order valence-electron chi connectivity index (χ3n) is 2.59. The minimum absolute atomic E-state index is 0.142. The Bertz CT molecular complexity index is 557. The Balaban J connectivity index is 2.16. The first-order valence-electron chi connectivity index (χ1n) is 5.08. The molecule has 0 saturated heterocycles. The van der Waals surface area contributed by atoms with E-state index >= 15 is 0 Å². The molecule has 1 aliphatic heterocycles. The summed E-state index contributed by atoms with van der Waals surface area (Å²) in [6.45, 7) is 0.956. The molecule has 0 bridgehead atoms. The number of hydrogen-bond acceptors (Lipinski definition) is 4. The molecule has 16 heavy (non-hydrogen) atoms. The number of ether oxygens (including phenoxy) is 1. The maximum Gasteiger partial charge on any atom is 0.257 e. The van der Waals surface area contributed by atoms with E-state index in [0.717, 1.165) is 5.69 Å². The standard InChI is InChI=1S/C11H10N2O3/c14-11-7-6-15-5-3-8(7)12-10(13-11)9-2-1-4-16-9/h1-2,4H,3,5-6H2,(H,12,13,14). The summed E-state index contributed by atoms with van der Waals surface area (Å²) in [5.74, 6) is 1.06. The first-order chi connectivity index (χ1) is 7.84. The molecule has 3 heterocycles. The van der Waals surface area contributed by atoms with Gasteiger partial charge in [0, 0.05) is 6.42 Å². The van der Waals surface area contributed by atoms with Crippen LogP contribution in [0.2, 0.25) is 0 Å². The minimum atomic E-state index is -0.142. The van der Waals surface area contributed by atoms with Crippen LogP contribution in [0.25, 0.3) is 11.6 Å². The van der Waals surface area contributed by atoms with Crippen LogP contribution in [0.3, 0.4) is 0 Å². The molecule has 0 fully saturated rings. The van der Waals surface area contributed by atoms with Crippen LogP contribution in [0, 0.1) is 0 Å². The predicted molar refractivity (Wildman–Crippen MR) is 55.9 cm³/mol. The lowest BCUT2D eigenvalue weighted by molar-refractivity contribution is 0.108. The summed E-state index contributed by atoms with van der Waals surface area (Å²) < 4.78 is 10.4. The van der Waals surface area contributed by atoms with E-state index in [0.29, 0.717) is 36.8 Å². The van der Waals surface area contributed by atoms with Crippen molar-refractivity contribution >= 4 is 0 Å². The van der Waals surface area contributed by atoms with Gasteiger partial charge in [-0.15, -0.1) is 0 Å². The zero-order valence-electron chi connectivity index (χ0n) is 8.53. The Kier molecular flexibility index (Phi) is 2.11. The molecule has 0 spiro atoms. The molecule has 5 heteroatoms. The molecule has 1 N–H and O–H groups in total. The number of fused-ring (bicyclic) bond motifs is 1. The van der Waals surface area contributed by atoms with Crippen molar-refractivity contribution in [3.8, 4) is 11.6 Å².